The van der Waals surface area contributed by atoms with Gasteiger partial charge in [0.1, 0.15) is 5.82 Å². The van der Waals surface area contributed by atoms with Crippen LogP contribution < -0.4 is 4.90 Å². The largest absolute Gasteiger partial charge is 0.391 e. The molecule has 1 heterocycles. The summed E-state index contributed by atoms with van der Waals surface area (Å²) < 4.78 is 13.5. The molecule has 1 aromatic rings. The number of aliphatic hydroxyl groups is 1. The van der Waals surface area contributed by atoms with Gasteiger partial charge in [0.25, 0.3) is 0 Å². The summed E-state index contributed by atoms with van der Waals surface area (Å²) in [5.74, 6) is -0.400. The molecular formula is C11H11FN2O. The first-order chi connectivity index (χ1) is 7.20. The van der Waals surface area contributed by atoms with Gasteiger partial charge in [0.15, 0.2) is 0 Å². The van der Waals surface area contributed by atoms with Crippen LogP contribution in [0.3, 0.4) is 0 Å². The van der Waals surface area contributed by atoms with E-state index < -0.39 is 5.82 Å². The maximum absolute atomic E-state index is 13.5. The minimum Gasteiger partial charge on any atom is -0.391 e. The van der Waals surface area contributed by atoms with Crippen molar-refractivity contribution in [2.75, 3.05) is 18.0 Å². The van der Waals surface area contributed by atoms with Crippen LogP contribution in [0.4, 0.5) is 10.1 Å². The first-order valence-corrected chi connectivity index (χ1v) is 4.83. The second kappa shape index (κ2) is 3.87. The monoisotopic (exact) mass is 206 g/mol. The van der Waals surface area contributed by atoms with Crippen LogP contribution >= 0.6 is 0 Å². The Morgan fingerprint density at radius 2 is 2.33 bits per heavy atom. The average Bonchev–Trinajstić information content (AvgIpc) is 2.64. The van der Waals surface area contributed by atoms with Crippen molar-refractivity contribution in [3.63, 3.8) is 0 Å². The molecule has 2 rings (SSSR count). The van der Waals surface area contributed by atoms with Crippen molar-refractivity contribution >= 4 is 5.69 Å². The predicted octanol–water partition coefficient (Wildman–Crippen LogP) is 1.27. The Bertz CT molecular complexity index is 414. The maximum atomic E-state index is 13.5. The van der Waals surface area contributed by atoms with Crippen LogP contribution in [0.2, 0.25) is 0 Å². The van der Waals surface area contributed by atoms with Crippen LogP contribution in [0.25, 0.3) is 0 Å². The van der Waals surface area contributed by atoms with Crippen molar-refractivity contribution in [2.24, 2.45) is 0 Å². The molecule has 3 nitrogen and oxygen atoms in total. The number of hydrogen-bond donors (Lipinski definition) is 1. The molecule has 0 bridgehead atoms. The van der Waals surface area contributed by atoms with E-state index in [4.69, 9.17) is 5.26 Å². The summed E-state index contributed by atoms with van der Waals surface area (Å²) in [6.07, 6.45) is 0.291. The van der Waals surface area contributed by atoms with Gasteiger partial charge in [-0.05, 0) is 24.6 Å². The molecule has 0 unspecified atom stereocenters. The summed E-state index contributed by atoms with van der Waals surface area (Å²) in [5.41, 5.74) is 0.779. The highest BCUT2D eigenvalue weighted by molar-refractivity contribution is 5.52. The zero-order chi connectivity index (χ0) is 10.8. The van der Waals surface area contributed by atoms with Gasteiger partial charge in [-0.2, -0.15) is 5.26 Å². The van der Waals surface area contributed by atoms with E-state index >= 15 is 0 Å². The molecule has 1 aliphatic rings. The van der Waals surface area contributed by atoms with E-state index in [-0.39, 0.29) is 6.10 Å². The second-order valence-corrected chi connectivity index (χ2v) is 3.67. The summed E-state index contributed by atoms with van der Waals surface area (Å²) in [7, 11) is 0. The SMILES string of the molecule is N#Cc1ccc(N2CC[C@H](O)C2)c(F)c1. The summed E-state index contributed by atoms with van der Waals surface area (Å²) in [4.78, 5) is 1.79. The maximum Gasteiger partial charge on any atom is 0.147 e. The molecular weight excluding hydrogens is 195 g/mol. The zero-order valence-corrected chi connectivity index (χ0v) is 8.15. The van der Waals surface area contributed by atoms with Gasteiger partial charge in [-0.25, -0.2) is 4.39 Å². The fraction of sp³-hybridized carbons (Fsp3) is 0.364. The molecule has 0 amide bonds. The Morgan fingerprint density at radius 3 is 2.87 bits per heavy atom. The van der Waals surface area contributed by atoms with Gasteiger partial charge in [-0.1, -0.05) is 0 Å². The molecule has 15 heavy (non-hydrogen) atoms. The summed E-state index contributed by atoms with van der Waals surface area (Å²) in [5, 5.41) is 17.9. The number of halogens is 1. The number of nitriles is 1. The van der Waals surface area contributed by atoms with E-state index in [1.165, 1.54) is 6.07 Å². The van der Waals surface area contributed by atoms with Crippen LogP contribution in [0, 0.1) is 17.1 Å². The predicted molar refractivity (Wildman–Crippen MR) is 54.0 cm³/mol. The highest BCUT2D eigenvalue weighted by Gasteiger charge is 2.22. The van der Waals surface area contributed by atoms with E-state index in [0.29, 0.717) is 30.8 Å². The number of nitrogens with zero attached hydrogens (tertiary/aromatic N) is 2. The van der Waals surface area contributed by atoms with E-state index in [1.807, 2.05) is 6.07 Å². The molecule has 0 saturated carbocycles. The third-order valence-corrected chi connectivity index (χ3v) is 2.58. The highest BCUT2D eigenvalue weighted by atomic mass is 19.1. The number of benzene rings is 1. The first kappa shape index (κ1) is 9.94. The molecule has 0 spiro atoms. The van der Waals surface area contributed by atoms with Gasteiger partial charge < -0.3 is 10.0 Å². The molecule has 1 N–H and O–H groups in total. The fourth-order valence-corrected chi connectivity index (χ4v) is 1.79. The van der Waals surface area contributed by atoms with E-state index in [0.717, 1.165) is 0 Å². The lowest BCUT2D eigenvalue weighted by Gasteiger charge is -2.18. The molecule has 0 aliphatic carbocycles. The summed E-state index contributed by atoms with van der Waals surface area (Å²) >= 11 is 0. The van der Waals surface area contributed by atoms with Crippen molar-refractivity contribution in [1.29, 1.82) is 5.26 Å². The number of aliphatic hydroxyl groups excluding tert-OH is 1. The lowest BCUT2D eigenvalue weighted by molar-refractivity contribution is 0.198. The number of β-amino-alcohol motifs (C(OH)–C–C–N with tert-alkyl or cyclic N) is 1. The second-order valence-electron chi connectivity index (χ2n) is 3.67. The van der Waals surface area contributed by atoms with E-state index in [9.17, 15) is 9.50 Å². The van der Waals surface area contributed by atoms with Gasteiger partial charge in [0, 0.05) is 13.1 Å². The highest BCUT2D eigenvalue weighted by Crippen LogP contribution is 2.24. The molecule has 1 aliphatic heterocycles. The molecule has 0 radical (unpaired) electrons. The van der Waals surface area contributed by atoms with Crippen molar-refractivity contribution in [3.8, 4) is 6.07 Å². The normalized spacial score (nSPS) is 20.3. The first-order valence-electron chi connectivity index (χ1n) is 4.83. The number of rotatable bonds is 1. The number of anilines is 1. The Kier molecular flexibility index (Phi) is 2.57. The quantitative estimate of drug-likeness (QED) is 0.752. The zero-order valence-electron chi connectivity index (χ0n) is 8.15. The molecule has 1 atom stereocenters. The van der Waals surface area contributed by atoms with Crippen molar-refractivity contribution < 1.29 is 9.50 Å². The molecule has 1 saturated heterocycles. The van der Waals surface area contributed by atoms with Crippen LogP contribution in [-0.4, -0.2) is 24.3 Å². The number of hydrogen-bond acceptors (Lipinski definition) is 3. The van der Waals surface area contributed by atoms with Crippen molar-refractivity contribution in [3.05, 3.63) is 29.6 Å². The minimum atomic E-state index is -0.400. The third-order valence-electron chi connectivity index (χ3n) is 2.58. The Labute approximate surface area is 87.4 Å². The standard InChI is InChI=1S/C11H11FN2O/c12-10-5-8(6-13)1-2-11(10)14-4-3-9(15)7-14/h1-2,5,9,15H,3-4,7H2/t9-/m0/s1. The van der Waals surface area contributed by atoms with Gasteiger partial charge in [0.05, 0.1) is 23.4 Å². The van der Waals surface area contributed by atoms with Crippen LogP contribution in [-0.2, 0) is 0 Å². The van der Waals surface area contributed by atoms with Crippen LogP contribution in [0.1, 0.15) is 12.0 Å². The van der Waals surface area contributed by atoms with Crippen LogP contribution in [0.15, 0.2) is 18.2 Å². The molecule has 1 aromatic carbocycles. The van der Waals surface area contributed by atoms with Gasteiger partial charge in [-0.15, -0.1) is 0 Å². The average molecular weight is 206 g/mol. The van der Waals surface area contributed by atoms with Crippen LogP contribution in [0.5, 0.6) is 0 Å². The Hall–Kier alpha value is -1.60. The van der Waals surface area contributed by atoms with Gasteiger partial charge in [0.2, 0.25) is 0 Å². The van der Waals surface area contributed by atoms with E-state index in [2.05, 4.69) is 0 Å². The molecule has 4 heteroatoms. The van der Waals surface area contributed by atoms with Crippen molar-refractivity contribution in [2.45, 2.75) is 12.5 Å². The molecule has 0 aromatic heterocycles. The summed E-state index contributed by atoms with van der Waals surface area (Å²) in [6, 6.07) is 6.28. The lowest BCUT2D eigenvalue weighted by atomic mass is 10.2. The van der Waals surface area contributed by atoms with Crippen molar-refractivity contribution in [1.82, 2.24) is 0 Å². The van der Waals surface area contributed by atoms with E-state index in [1.54, 1.807) is 17.0 Å². The minimum absolute atomic E-state index is 0.316. The Morgan fingerprint density at radius 1 is 1.53 bits per heavy atom. The van der Waals surface area contributed by atoms with Gasteiger partial charge >= 0.3 is 0 Å². The Balaban J connectivity index is 2.26. The molecule has 1 fully saturated rings. The summed E-state index contributed by atoms with van der Waals surface area (Å²) in [6.45, 7) is 1.12. The third kappa shape index (κ3) is 1.92. The lowest BCUT2D eigenvalue weighted by Crippen LogP contribution is -2.22. The smallest absolute Gasteiger partial charge is 0.147 e. The molecule has 78 valence electrons. The topological polar surface area (TPSA) is 47.3 Å². The fourth-order valence-electron chi connectivity index (χ4n) is 1.79. The van der Waals surface area contributed by atoms with Gasteiger partial charge in [-0.3, -0.25) is 0 Å².